The van der Waals surface area contributed by atoms with E-state index in [1.807, 2.05) is 18.5 Å². The van der Waals surface area contributed by atoms with Crippen LogP contribution in [-0.2, 0) is 7.05 Å². The fourth-order valence-electron chi connectivity index (χ4n) is 1.34. The maximum Gasteiger partial charge on any atom is 0.257 e. The summed E-state index contributed by atoms with van der Waals surface area (Å²) in [6, 6.07) is 0. The third kappa shape index (κ3) is 2.47. The minimum absolute atomic E-state index is 0.0758. The molecular formula is C9H8ClN9S. The summed E-state index contributed by atoms with van der Waals surface area (Å²) in [6.45, 7) is 1.86. The van der Waals surface area contributed by atoms with Gasteiger partial charge in [-0.1, -0.05) is 0 Å². The number of hydrogen-bond donors (Lipinski definition) is 0. The van der Waals surface area contributed by atoms with Gasteiger partial charge in [0.05, 0.1) is 0 Å². The summed E-state index contributed by atoms with van der Waals surface area (Å²) in [7, 11) is 1.86. The summed E-state index contributed by atoms with van der Waals surface area (Å²) in [5.41, 5.74) is 0. The molecule has 3 heterocycles. The average molecular weight is 310 g/mol. The van der Waals surface area contributed by atoms with E-state index in [9.17, 15) is 0 Å². The maximum atomic E-state index is 5.90. The molecule has 0 atom stereocenters. The van der Waals surface area contributed by atoms with Crippen LogP contribution in [0.15, 0.2) is 23.0 Å². The third-order valence-corrected chi connectivity index (χ3v) is 3.51. The molecule has 0 saturated heterocycles. The standard InChI is InChI=1S/C9H8ClN9S/c1-5-16-17-9(18(5)2)20-8-14-6(10)13-7(15-8)19-4-11-3-12-19/h3-4H,1-2H3. The Morgan fingerprint density at radius 1 is 1.20 bits per heavy atom. The molecule has 0 amide bonds. The molecule has 3 aromatic rings. The minimum atomic E-state index is 0.0758. The van der Waals surface area contributed by atoms with Gasteiger partial charge in [0, 0.05) is 7.05 Å². The minimum Gasteiger partial charge on any atom is -0.309 e. The number of rotatable bonds is 3. The van der Waals surface area contributed by atoms with Crippen LogP contribution in [0.4, 0.5) is 0 Å². The molecule has 11 heteroatoms. The van der Waals surface area contributed by atoms with Crippen molar-refractivity contribution in [2.24, 2.45) is 7.05 Å². The summed E-state index contributed by atoms with van der Waals surface area (Å²) >= 11 is 7.14. The van der Waals surface area contributed by atoms with Gasteiger partial charge >= 0.3 is 0 Å². The highest BCUT2D eigenvalue weighted by molar-refractivity contribution is 7.99. The molecule has 0 N–H and O–H groups in total. The molecule has 9 nitrogen and oxygen atoms in total. The lowest BCUT2D eigenvalue weighted by molar-refractivity contribution is 0.743. The first kappa shape index (κ1) is 12.9. The molecule has 3 rings (SSSR count). The lowest BCUT2D eigenvalue weighted by Crippen LogP contribution is -2.05. The van der Waals surface area contributed by atoms with Gasteiger partial charge < -0.3 is 4.57 Å². The van der Waals surface area contributed by atoms with Gasteiger partial charge in [0.25, 0.3) is 5.95 Å². The summed E-state index contributed by atoms with van der Waals surface area (Å²) in [4.78, 5) is 16.1. The highest BCUT2D eigenvalue weighted by Crippen LogP contribution is 2.23. The van der Waals surface area contributed by atoms with Crippen LogP contribution in [-0.4, -0.2) is 44.5 Å². The first-order valence-corrected chi connectivity index (χ1v) is 6.63. The van der Waals surface area contributed by atoms with Crippen LogP contribution in [0.1, 0.15) is 5.82 Å². The SMILES string of the molecule is Cc1nnc(Sc2nc(Cl)nc(-n3cncn3)n2)n1C. The highest BCUT2D eigenvalue weighted by Gasteiger charge is 2.13. The van der Waals surface area contributed by atoms with E-state index in [4.69, 9.17) is 11.6 Å². The largest absolute Gasteiger partial charge is 0.309 e. The number of aryl methyl sites for hydroxylation is 1. The van der Waals surface area contributed by atoms with Crippen molar-refractivity contribution >= 4 is 23.4 Å². The zero-order valence-corrected chi connectivity index (χ0v) is 12.0. The molecule has 0 fully saturated rings. The lowest BCUT2D eigenvalue weighted by atomic mass is 10.7. The second-order valence-electron chi connectivity index (χ2n) is 3.72. The first-order chi connectivity index (χ1) is 9.63. The third-order valence-electron chi connectivity index (χ3n) is 2.43. The van der Waals surface area contributed by atoms with Crippen molar-refractivity contribution in [3.8, 4) is 5.95 Å². The number of nitrogens with zero attached hydrogens (tertiary/aromatic N) is 9. The van der Waals surface area contributed by atoms with Crippen molar-refractivity contribution in [1.29, 1.82) is 0 Å². The van der Waals surface area contributed by atoms with Gasteiger partial charge in [0.2, 0.25) is 10.4 Å². The molecule has 0 aliphatic carbocycles. The molecule has 0 saturated carbocycles. The van der Waals surface area contributed by atoms with Crippen molar-refractivity contribution in [2.45, 2.75) is 17.2 Å². The molecule has 3 aromatic heterocycles. The number of halogens is 1. The molecule has 0 aliphatic rings. The predicted molar refractivity (Wildman–Crippen MR) is 69.6 cm³/mol. The zero-order valence-electron chi connectivity index (χ0n) is 10.5. The monoisotopic (exact) mass is 309 g/mol. The second kappa shape index (κ2) is 5.13. The number of hydrogen-bond acceptors (Lipinski definition) is 8. The summed E-state index contributed by atoms with van der Waals surface area (Å²) in [6.07, 6.45) is 2.86. The van der Waals surface area contributed by atoms with Crippen molar-refractivity contribution in [1.82, 2.24) is 44.5 Å². The molecule has 20 heavy (non-hydrogen) atoms. The fraction of sp³-hybridized carbons (Fsp3) is 0.222. The number of aromatic nitrogens is 9. The Morgan fingerprint density at radius 3 is 2.70 bits per heavy atom. The fourth-order valence-corrected chi connectivity index (χ4v) is 2.32. The summed E-state index contributed by atoms with van der Waals surface area (Å²) in [5, 5.41) is 13.1. The van der Waals surface area contributed by atoms with Gasteiger partial charge in [0.1, 0.15) is 18.5 Å². The van der Waals surface area contributed by atoms with Gasteiger partial charge in [0.15, 0.2) is 5.16 Å². The first-order valence-electron chi connectivity index (χ1n) is 5.44. The highest BCUT2D eigenvalue weighted by atomic mass is 35.5. The van der Waals surface area contributed by atoms with E-state index in [2.05, 4.69) is 35.2 Å². The Kier molecular flexibility index (Phi) is 3.32. The molecule has 0 unspecified atom stereocenters. The summed E-state index contributed by atoms with van der Waals surface area (Å²) < 4.78 is 3.23. The van der Waals surface area contributed by atoms with Crippen LogP contribution < -0.4 is 0 Å². The van der Waals surface area contributed by atoms with Crippen LogP contribution >= 0.6 is 23.4 Å². The van der Waals surface area contributed by atoms with Crippen LogP contribution in [0, 0.1) is 6.92 Å². The van der Waals surface area contributed by atoms with Gasteiger partial charge in [-0.2, -0.15) is 24.7 Å². The molecule has 0 aliphatic heterocycles. The van der Waals surface area contributed by atoms with Crippen molar-refractivity contribution in [3.05, 3.63) is 23.8 Å². The van der Waals surface area contributed by atoms with E-state index < -0.39 is 0 Å². The van der Waals surface area contributed by atoms with Gasteiger partial charge in [-0.15, -0.1) is 10.2 Å². The Labute approximate surface area is 122 Å². The van der Waals surface area contributed by atoms with Crippen molar-refractivity contribution in [2.75, 3.05) is 0 Å². The smallest absolute Gasteiger partial charge is 0.257 e. The predicted octanol–water partition coefficient (Wildman–Crippen LogP) is 0.694. The van der Waals surface area contributed by atoms with E-state index in [-0.39, 0.29) is 5.28 Å². The van der Waals surface area contributed by atoms with Crippen molar-refractivity contribution < 1.29 is 0 Å². The van der Waals surface area contributed by atoms with Crippen LogP contribution in [0.5, 0.6) is 0 Å². The Morgan fingerprint density at radius 2 is 2.05 bits per heavy atom. The molecule has 0 bridgehead atoms. The lowest BCUT2D eigenvalue weighted by Gasteiger charge is -2.03. The summed E-state index contributed by atoms with van der Waals surface area (Å²) in [5.74, 6) is 1.09. The Hall–Kier alpha value is -2.07. The van der Waals surface area contributed by atoms with Gasteiger partial charge in [-0.05, 0) is 30.3 Å². The van der Waals surface area contributed by atoms with E-state index >= 15 is 0 Å². The van der Waals surface area contributed by atoms with Crippen LogP contribution in [0.2, 0.25) is 5.28 Å². The van der Waals surface area contributed by atoms with Crippen molar-refractivity contribution in [3.63, 3.8) is 0 Å². The van der Waals surface area contributed by atoms with Gasteiger partial charge in [-0.25, -0.2) is 4.98 Å². The topological polar surface area (TPSA) is 100 Å². The zero-order chi connectivity index (χ0) is 14.1. The second-order valence-corrected chi connectivity index (χ2v) is 4.99. The molecular weight excluding hydrogens is 302 g/mol. The maximum absolute atomic E-state index is 5.90. The Balaban J connectivity index is 1.96. The van der Waals surface area contributed by atoms with E-state index in [0.29, 0.717) is 16.3 Å². The average Bonchev–Trinajstić information content (AvgIpc) is 3.04. The molecule has 0 aromatic carbocycles. The van der Waals surface area contributed by atoms with Crippen LogP contribution in [0.3, 0.4) is 0 Å². The van der Waals surface area contributed by atoms with E-state index in [1.54, 1.807) is 0 Å². The molecule has 0 spiro atoms. The quantitative estimate of drug-likeness (QED) is 0.696. The molecule has 102 valence electrons. The van der Waals surface area contributed by atoms with Crippen LogP contribution in [0.25, 0.3) is 5.95 Å². The Bertz CT molecular complexity index is 738. The van der Waals surface area contributed by atoms with Gasteiger partial charge in [-0.3, -0.25) is 0 Å². The van der Waals surface area contributed by atoms with E-state index in [1.165, 1.54) is 29.1 Å². The van der Waals surface area contributed by atoms with E-state index in [0.717, 1.165) is 5.82 Å². The normalized spacial score (nSPS) is 10.9. The molecule has 0 radical (unpaired) electrons.